The largest absolute Gasteiger partial charge is 0.356 e. The molecule has 0 bridgehead atoms. The van der Waals surface area contributed by atoms with Crippen molar-refractivity contribution in [3.8, 4) is 22.9 Å². The van der Waals surface area contributed by atoms with E-state index >= 15 is 0 Å². The Hall–Kier alpha value is -2.05. The number of hydrogen-bond acceptors (Lipinski definition) is 1. The SMILES string of the molecule is C=CC[Si](C#CCOCC#C[Si](CC=C)(CC=C)CC=C)(CC=C)CC=C. The fraction of sp³-hybridized carbons (Fsp3) is 0.333. The Bertz CT molecular complexity index is 528. The maximum atomic E-state index is 5.64. The first-order valence-corrected chi connectivity index (χ1v) is 14.5. The van der Waals surface area contributed by atoms with Gasteiger partial charge in [0, 0.05) is 0 Å². The summed E-state index contributed by atoms with van der Waals surface area (Å²) in [4.78, 5) is 0. The third-order valence-electron chi connectivity index (χ3n) is 4.27. The highest BCUT2D eigenvalue weighted by molar-refractivity contribution is 6.88. The van der Waals surface area contributed by atoms with E-state index in [0.29, 0.717) is 13.2 Å². The van der Waals surface area contributed by atoms with E-state index in [2.05, 4.69) is 62.4 Å². The van der Waals surface area contributed by atoms with Gasteiger partial charge in [-0.3, -0.25) is 0 Å². The molecule has 0 atom stereocenters. The Morgan fingerprint density at radius 2 is 0.778 bits per heavy atom. The van der Waals surface area contributed by atoms with Gasteiger partial charge in [0.2, 0.25) is 0 Å². The van der Waals surface area contributed by atoms with Gasteiger partial charge in [-0.05, 0) is 36.3 Å². The minimum absolute atomic E-state index is 0.397. The standard InChI is InChI=1S/C24H34OSi2/c1-7-17-26(18-8-2,19-9-3)23-13-15-25-16-14-24-27(20-10-4,21-11-5)22-12-6/h7-12H,1-6,15-22H2. The second-order valence-electron chi connectivity index (χ2n) is 6.61. The molecule has 0 rings (SSSR count). The Morgan fingerprint density at radius 1 is 0.519 bits per heavy atom. The molecule has 0 N–H and O–H groups in total. The number of allylic oxidation sites excluding steroid dienone is 6. The van der Waals surface area contributed by atoms with Crippen LogP contribution in [0.15, 0.2) is 75.9 Å². The maximum Gasteiger partial charge on any atom is 0.149 e. The van der Waals surface area contributed by atoms with Crippen LogP contribution in [-0.2, 0) is 4.74 Å². The predicted molar refractivity (Wildman–Crippen MR) is 128 cm³/mol. The first-order valence-electron chi connectivity index (χ1n) is 9.30. The van der Waals surface area contributed by atoms with E-state index in [-0.39, 0.29) is 0 Å². The Labute approximate surface area is 169 Å². The molecule has 0 saturated carbocycles. The third-order valence-corrected chi connectivity index (χ3v) is 12.1. The lowest BCUT2D eigenvalue weighted by molar-refractivity contribution is 0.204. The van der Waals surface area contributed by atoms with Crippen molar-refractivity contribution in [3.05, 3.63) is 75.9 Å². The molecule has 0 radical (unpaired) electrons. The van der Waals surface area contributed by atoms with Gasteiger partial charge in [0.1, 0.15) is 29.4 Å². The molecule has 0 aliphatic heterocycles. The van der Waals surface area contributed by atoms with Crippen molar-refractivity contribution in [3.63, 3.8) is 0 Å². The molecule has 0 amide bonds. The van der Waals surface area contributed by atoms with Gasteiger partial charge in [0.15, 0.2) is 0 Å². The van der Waals surface area contributed by atoms with Crippen molar-refractivity contribution in [1.29, 1.82) is 0 Å². The molecule has 3 heteroatoms. The maximum absolute atomic E-state index is 5.64. The number of ether oxygens (including phenoxy) is 1. The topological polar surface area (TPSA) is 9.23 Å². The number of rotatable bonds is 14. The summed E-state index contributed by atoms with van der Waals surface area (Å²) >= 11 is 0. The second kappa shape index (κ2) is 15.1. The molecule has 0 aromatic carbocycles. The van der Waals surface area contributed by atoms with E-state index in [9.17, 15) is 0 Å². The average molecular weight is 395 g/mol. The van der Waals surface area contributed by atoms with Crippen LogP contribution in [0, 0.1) is 22.9 Å². The Balaban J connectivity index is 4.90. The second-order valence-corrected chi connectivity index (χ2v) is 14.7. The van der Waals surface area contributed by atoms with Gasteiger partial charge in [-0.25, -0.2) is 0 Å². The van der Waals surface area contributed by atoms with Gasteiger partial charge in [0.05, 0.1) is 0 Å². The highest BCUT2D eigenvalue weighted by Gasteiger charge is 2.27. The van der Waals surface area contributed by atoms with Crippen molar-refractivity contribution in [2.45, 2.75) is 36.3 Å². The smallest absolute Gasteiger partial charge is 0.149 e. The van der Waals surface area contributed by atoms with Gasteiger partial charge in [-0.15, -0.1) is 50.6 Å². The van der Waals surface area contributed by atoms with Gasteiger partial charge >= 0.3 is 0 Å². The highest BCUT2D eigenvalue weighted by Crippen LogP contribution is 2.22. The zero-order valence-corrected chi connectivity index (χ0v) is 18.8. The fourth-order valence-electron chi connectivity index (χ4n) is 3.06. The van der Waals surface area contributed by atoms with Gasteiger partial charge in [0.25, 0.3) is 0 Å². The summed E-state index contributed by atoms with van der Waals surface area (Å²) in [6, 6.07) is 5.65. The lowest BCUT2D eigenvalue weighted by Gasteiger charge is -2.21. The first-order chi connectivity index (χ1) is 13.1. The van der Waals surface area contributed by atoms with E-state index in [0.717, 1.165) is 36.3 Å². The summed E-state index contributed by atoms with van der Waals surface area (Å²) < 4.78 is 5.64. The van der Waals surface area contributed by atoms with E-state index in [4.69, 9.17) is 4.74 Å². The van der Waals surface area contributed by atoms with Crippen LogP contribution >= 0.6 is 0 Å². The summed E-state index contributed by atoms with van der Waals surface area (Å²) in [5.41, 5.74) is 6.95. The molecular weight excluding hydrogens is 360 g/mol. The highest BCUT2D eigenvalue weighted by atomic mass is 28.3. The molecule has 0 aliphatic carbocycles. The van der Waals surface area contributed by atoms with Crippen molar-refractivity contribution < 1.29 is 4.74 Å². The molecule has 1 nitrogen and oxygen atoms in total. The molecule has 0 saturated heterocycles. The summed E-state index contributed by atoms with van der Waals surface area (Å²) in [5.74, 6) is 6.39. The molecule has 0 unspecified atom stereocenters. The van der Waals surface area contributed by atoms with Gasteiger partial charge < -0.3 is 4.74 Å². The zero-order chi connectivity index (χ0) is 20.4. The monoisotopic (exact) mass is 394 g/mol. The van der Waals surface area contributed by atoms with Crippen LogP contribution in [0.1, 0.15) is 0 Å². The van der Waals surface area contributed by atoms with Crippen molar-refractivity contribution in [1.82, 2.24) is 0 Å². The molecule has 0 aliphatic rings. The minimum Gasteiger partial charge on any atom is -0.356 e. The molecule has 27 heavy (non-hydrogen) atoms. The van der Waals surface area contributed by atoms with Crippen molar-refractivity contribution >= 4 is 16.1 Å². The average Bonchev–Trinajstić information content (AvgIpc) is 2.62. The fourth-order valence-corrected chi connectivity index (χ4v) is 8.89. The lowest BCUT2D eigenvalue weighted by Crippen LogP contribution is -2.30. The molecular formula is C24H34OSi2. The molecule has 0 aromatic rings. The molecule has 0 spiro atoms. The van der Waals surface area contributed by atoms with E-state index in [1.165, 1.54) is 0 Å². The van der Waals surface area contributed by atoms with E-state index in [1.807, 2.05) is 36.5 Å². The molecule has 0 heterocycles. The van der Waals surface area contributed by atoms with Crippen LogP contribution in [0.3, 0.4) is 0 Å². The minimum atomic E-state index is -1.78. The van der Waals surface area contributed by atoms with Crippen molar-refractivity contribution in [2.24, 2.45) is 0 Å². The zero-order valence-electron chi connectivity index (χ0n) is 16.8. The van der Waals surface area contributed by atoms with E-state index in [1.54, 1.807) is 0 Å². The van der Waals surface area contributed by atoms with Crippen LogP contribution < -0.4 is 0 Å². The van der Waals surface area contributed by atoms with E-state index < -0.39 is 16.1 Å². The summed E-state index contributed by atoms with van der Waals surface area (Å²) in [5, 5.41) is 0. The van der Waals surface area contributed by atoms with Crippen LogP contribution in [-0.4, -0.2) is 29.4 Å². The third kappa shape index (κ3) is 10.0. The van der Waals surface area contributed by atoms with Crippen LogP contribution in [0.4, 0.5) is 0 Å². The normalized spacial score (nSPS) is 10.4. The Kier molecular flexibility index (Phi) is 13.9. The van der Waals surface area contributed by atoms with Gasteiger partial charge in [-0.2, -0.15) is 0 Å². The van der Waals surface area contributed by atoms with Crippen LogP contribution in [0.25, 0.3) is 0 Å². The molecule has 0 aromatic heterocycles. The van der Waals surface area contributed by atoms with Crippen molar-refractivity contribution in [2.75, 3.05) is 13.2 Å². The summed E-state index contributed by atoms with van der Waals surface area (Å²) in [6.45, 7) is 24.1. The molecule has 0 fully saturated rings. The molecule has 144 valence electrons. The van der Waals surface area contributed by atoms with Gasteiger partial charge in [-0.1, -0.05) is 48.3 Å². The quantitative estimate of drug-likeness (QED) is 0.150. The lowest BCUT2D eigenvalue weighted by atomic mass is 10.7. The predicted octanol–water partition coefficient (Wildman–Crippen LogP) is 6.10. The van der Waals surface area contributed by atoms with Crippen LogP contribution in [0.2, 0.25) is 36.3 Å². The number of hydrogen-bond donors (Lipinski definition) is 0. The Morgan fingerprint density at radius 3 is 1.00 bits per heavy atom. The summed E-state index contributed by atoms with van der Waals surface area (Å²) in [6.07, 6.45) is 11.8. The first kappa shape index (κ1) is 25.0. The summed E-state index contributed by atoms with van der Waals surface area (Å²) in [7, 11) is -3.57. The van der Waals surface area contributed by atoms with Crippen LogP contribution in [0.5, 0.6) is 0 Å².